The molecule has 0 bridgehead atoms. The second kappa shape index (κ2) is 9.21. The highest BCUT2D eigenvalue weighted by Crippen LogP contribution is 2.44. The van der Waals surface area contributed by atoms with Crippen molar-refractivity contribution in [1.29, 1.82) is 0 Å². The summed E-state index contributed by atoms with van der Waals surface area (Å²) < 4.78 is 37.8. The number of amides is 1. The molecule has 2 aliphatic rings. The van der Waals surface area contributed by atoms with E-state index >= 15 is 0 Å². The normalized spacial score (nSPS) is 22.3. The van der Waals surface area contributed by atoms with Crippen molar-refractivity contribution < 1.29 is 27.1 Å². The van der Waals surface area contributed by atoms with Crippen LogP contribution in [0.15, 0.2) is 18.2 Å². The molecule has 180 valence electrons. The number of nitrogens with two attached hydrogens (primary N) is 1. The maximum atomic E-state index is 12.0. The van der Waals surface area contributed by atoms with Crippen molar-refractivity contribution in [3.8, 4) is 0 Å². The minimum atomic E-state index is -4.67. The van der Waals surface area contributed by atoms with Gasteiger partial charge in [0.1, 0.15) is 0 Å². The molecule has 1 aliphatic heterocycles. The van der Waals surface area contributed by atoms with Crippen LogP contribution in [0.25, 0.3) is 5.57 Å². The summed E-state index contributed by atoms with van der Waals surface area (Å²) in [5.74, 6) is -0.0903. The number of hydrogen-bond acceptors (Lipinski definition) is 5. The van der Waals surface area contributed by atoms with Crippen molar-refractivity contribution in [2.24, 2.45) is 11.1 Å². The molecule has 0 saturated carbocycles. The Kier molecular flexibility index (Phi) is 7.61. The first-order valence-corrected chi connectivity index (χ1v) is 12.2. The molecule has 3 rings (SSSR count). The molecule has 0 radical (unpaired) electrons. The molecule has 1 aromatic rings. The van der Waals surface area contributed by atoms with E-state index in [-0.39, 0.29) is 11.2 Å². The molecule has 4 N–H and O–H groups in total. The molecule has 1 saturated heterocycles. The second-order valence-electron chi connectivity index (χ2n) is 10.8. The van der Waals surface area contributed by atoms with E-state index in [1.54, 1.807) is 0 Å². The molecule has 0 atom stereocenters. The lowest BCUT2D eigenvalue weighted by atomic mass is 9.76. The van der Waals surface area contributed by atoms with Crippen LogP contribution in [0.4, 0.5) is 0 Å². The number of nitrogens with zero attached hydrogens (tertiary/aromatic N) is 1. The molecule has 8 nitrogen and oxygen atoms in total. The highest BCUT2D eigenvalue weighted by atomic mass is 32.3. The van der Waals surface area contributed by atoms with Crippen LogP contribution >= 0.6 is 0 Å². The fraction of sp³-hybridized carbons (Fsp3) is 0.652. The van der Waals surface area contributed by atoms with Gasteiger partial charge in [-0.05, 0) is 82.9 Å². The van der Waals surface area contributed by atoms with Crippen LogP contribution in [-0.4, -0.2) is 39.6 Å². The Morgan fingerprint density at radius 3 is 2.06 bits per heavy atom. The number of allylic oxidation sites excluding steroid dienone is 2. The molecule has 9 heteroatoms. The quantitative estimate of drug-likeness (QED) is 0.552. The number of aromatic nitrogens is 1. The highest BCUT2D eigenvalue weighted by molar-refractivity contribution is 7.79. The molecule has 1 fully saturated rings. The Bertz CT molecular complexity index is 972. The summed E-state index contributed by atoms with van der Waals surface area (Å²) in [6, 6.07) is 3.86. The Balaban J connectivity index is 0.000000654. The van der Waals surface area contributed by atoms with E-state index in [1.807, 2.05) is 12.1 Å². The van der Waals surface area contributed by atoms with Gasteiger partial charge in [0.25, 0.3) is 5.91 Å². The average molecular weight is 469 g/mol. The van der Waals surface area contributed by atoms with Gasteiger partial charge in [-0.2, -0.15) is 8.42 Å². The molecule has 0 aromatic carbocycles. The fourth-order valence-electron chi connectivity index (χ4n) is 4.74. The topological polar surface area (TPSA) is 140 Å². The molecule has 1 aromatic heterocycles. The van der Waals surface area contributed by atoms with E-state index in [4.69, 9.17) is 33.0 Å². The van der Waals surface area contributed by atoms with Gasteiger partial charge < -0.3 is 10.5 Å². The minimum absolute atomic E-state index is 0.190. The average Bonchev–Trinajstić information content (AvgIpc) is 2.57. The zero-order valence-corrected chi connectivity index (χ0v) is 20.6. The summed E-state index contributed by atoms with van der Waals surface area (Å²) >= 11 is 0. The summed E-state index contributed by atoms with van der Waals surface area (Å²) in [7, 11) is -4.67. The predicted octanol–water partition coefficient (Wildman–Crippen LogP) is 4.57. The predicted molar refractivity (Wildman–Crippen MR) is 124 cm³/mol. The summed E-state index contributed by atoms with van der Waals surface area (Å²) in [5, 5.41) is 0. The number of rotatable bonds is 3. The van der Waals surface area contributed by atoms with Crippen LogP contribution < -0.4 is 5.73 Å². The molecule has 1 amide bonds. The first-order valence-electron chi connectivity index (χ1n) is 10.8. The fourth-order valence-corrected chi connectivity index (χ4v) is 4.74. The van der Waals surface area contributed by atoms with Crippen LogP contribution in [0.3, 0.4) is 0 Å². The first kappa shape index (κ1) is 26.4. The smallest absolute Gasteiger partial charge is 0.370 e. The lowest BCUT2D eigenvalue weighted by Gasteiger charge is -2.45. The van der Waals surface area contributed by atoms with E-state index in [0.717, 1.165) is 49.1 Å². The molecular weight excluding hydrogens is 432 g/mol. The molecule has 32 heavy (non-hydrogen) atoms. The molecule has 2 heterocycles. The van der Waals surface area contributed by atoms with E-state index < -0.39 is 16.3 Å². The Labute approximate surface area is 191 Å². The lowest BCUT2D eigenvalue weighted by molar-refractivity contribution is -0.162. The van der Waals surface area contributed by atoms with E-state index in [1.165, 1.54) is 0 Å². The first-order chi connectivity index (χ1) is 14.4. The summed E-state index contributed by atoms with van der Waals surface area (Å²) in [5.41, 5.74) is 9.13. The largest absolute Gasteiger partial charge is 0.394 e. The SMILES string of the molecule is CC1(C)CC=C(c2nc(C3CC(C)(C)OC(C)(C)C3)ccc2C(N)=O)CC1.O=S(=O)(O)O. The highest BCUT2D eigenvalue weighted by Gasteiger charge is 2.40. The van der Waals surface area contributed by atoms with Crippen molar-refractivity contribution in [2.75, 3.05) is 0 Å². The van der Waals surface area contributed by atoms with Crippen molar-refractivity contribution >= 4 is 21.9 Å². The van der Waals surface area contributed by atoms with Crippen molar-refractivity contribution in [3.05, 3.63) is 35.2 Å². The van der Waals surface area contributed by atoms with E-state index in [0.29, 0.717) is 16.9 Å². The summed E-state index contributed by atoms with van der Waals surface area (Å²) in [6.07, 6.45) is 7.13. The monoisotopic (exact) mass is 468 g/mol. The maximum absolute atomic E-state index is 12.0. The zero-order chi connectivity index (χ0) is 24.5. The van der Waals surface area contributed by atoms with Gasteiger partial charge in [0, 0.05) is 11.6 Å². The third-order valence-corrected chi connectivity index (χ3v) is 5.91. The van der Waals surface area contributed by atoms with Crippen molar-refractivity contribution in [1.82, 2.24) is 4.98 Å². The molecule has 0 spiro atoms. The van der Waals surface area contributed by atoms with E-state index in [2.05, 4.69) is 47.6 Å². The van der Waals surface area contributed by atoms with Crippen molar-refractivity contribution in [2.45, 2.75) is 90.8 Å². The van der Waals surface area contributed by atoms with E-state index in [9.17, 15) is 4.79 Å². The second-order valence-corrected chi connectivity index (χ2v) is 11.7. The van der Waals surface area contributed by atoms with Crippen LogP contribution in [-0.2, 0) is 15.1 Å². The third kappa shape index (κ3) is 7.95. The number of carbonyl (C=O) groups excluding carboxylic acids is 1. The van der Waals surface area contributed by atoms with Crippen LogP contribution in [0.2, 0.25) is 0 Å². The molecular formula is C23H36N2O6S. The summed E-state index contributed by atoms with van der Waals surface area (Å²) in [6.45, 7) is 13.1. The summed E-state index contributed by atoms with van der Waals surface area (Å²) in [4.78, 5) is 17.0. The Hall–Kier alpha value is -1.81. The standard InChI is InChI=1S/C23H34N2O2.H2O4S/c1-21(2)11-9-15(10-12-21)19-17(20(24)26)7-8-18(25-19)16-13-22(3,4)27-23(5,6)14-16;1-5(2,3)4/h7-9,16H,10-14H2,1-6H3,(H2,24,26);(H2,1,2,3,4). The van der Waals surface area contributed by atoms with Gasteiger partial charge in [0.05, 0.1) is 22.5 Å². The van der Waals surface area contributed by atoms with Gasteiger partial charge in [0.2, 0.25) is 0 Å². The van der Waals surface area contributed by atoms with Crippen LogP contribution in [0.1, 0.15) is 101 Å². The number of pyridine rings is 1. The zero-order valence-electron chi connectivity index (χ0n) is 19.8. The number of ether oxygens (including phenoxy) is 1. The van der Waals surface area contributed by atoms with Crippen molar-refractivity contribution in [3.63, 3.8) is 0 Å². The molecule has 1 aliphatic carbocycles. The van der Waals surface area contributed by atoms with Gasteiger partial charge >= 0.3 is 10.4 Å². The van der Waals surface area contributed by atoms with Crippen LogP contribution in [0.5, 0.6) is 0 Å². The maximum Gasteiger partial charge on any atom is 0.394 e. The number of carbonyl (C=O) groups is 1. The Morgan fingerprint density at radius 1 is 1.09 bits per heavy atom. The van der Waals surface area contributed by atoms with Gasteiger partial charge in [-0.3, -0.25) is 18.9 Å². The van der Waals surface area contributed by atoms with Gasteiger partial charge in [0.15, 0.2) is 0 Å². The third-order valence-electron chi connectivity index (χ3n) is 5.91. The molecule has 0 unspecified atom stereocenters. The number of hydrogen-bond donors (Lipinski definition) is 3. The van der Waals surface area contributed by atoms with Gasteiger partial charge in [-0.25, -0.2) is 0 Å². The van der Waals surface area contributed by atoms with Gasteiger partial charge in [-0.1, -0.05) is 19.9 Å². The number of primary amides is 1. The lowest BCUT2D eigenvalue weighted by Crippen LogP contribution is -2.44. The minimum Gasteiger partial charge on any atom is -0.370 e. The van der Waals surface area contributed by atoms with Gasteiger partial charge in [-0.15, -0.1) is 0 Å². The Morgan fingerprint density at radius 2 is 1.62 bits per heavy atom. The van der Waals surface area contributed by atoms with Crippen LogP contribution in [0, 0.1) is 5.41 Å².